The predicted octanol–water partition coefficient (Wildman–Crippen LogP) is 3.72. The Hall–Kier alpha value is -0.930. The van der Waals surface area contributed by atoms with Crippen LogP contribution < -0.4 is 5.73 Å². The maximum Gasteiger partial charge on any atom is 0.0862 e. The van der Waals surface area contributed by atoms with Crippen LogP contribution >= 0.6 is 23.1 Å². The summed E-state index contributed by atoms with van der Waals surface area (Å²) in [5.74, 6) is 0. The van der Waals surface area contributed by atoms with Gasteiger partial charge in [0.2, 0.25) is 0 Å². The van der Waals surface area contributed by atoms with E-state index in [1.807, 2.05) is 6.07 Å². The summed E-state index contributed by atoms with van der Waals surface area (Å²) in [6, 6.07) is 10.5. The molecule has 0 atom stereocenters. The van der Waals surface area contributed by atoms with Crippen molar-refractivity contribution in [2.75, 3.05) is 12.0 Å². The zero-order valence-electron chi connectivity index (χ0n) is 7.86. The van der Waals surface area contributed by atoms with Crippen molar-refractivity contribution in [1.29, 1.82) is 0 Å². The van der Waals surface area contributed by atoms with Gasteiger partial charge in [-0.1, -0.05) is 12.1 Å². The zero-order chi connectivity index (χ0) is 9.97. The molecule has 3 heteroatoms. The number of nitrogen functional groups attached to an aromatic ring is 1. The van der Waals surface area contributed by atoms with Gasteiger partial charge in [-0.3, -0.25) is 0 Å². The summed E-state index contributed by atoms with van der Waals surface area (Å²) in [7, 11) is 0. The summed E-state index contributed by atoms with van der Waals surface area (Å²) in [6.07, 6.45) is 2.08. The van der Waals surface area contributed by atoms with Crippen molar-refractivity contribution in [2.45, 2.75) is 4.90 Å². The molecule has 0 unspecified atom stereocenters. The van der Waals surface area contributed by atoms with Gasteiger partial charge in [0, 0.05) is 10.3 Å². The minimum Gasteiger partial charge on any atom is -0.391 e. The number of hydrogen-bond donors (Lipinski definition) is 1. The van der Waals surface area contributed by atoms with Crippen LogP contribution in [0, 0.1) is 0 Å². The second-order valence-corrected chi connectivity index (χ2v) is 4.79. The lowest BCUT2D eigenvalue weighted by Gasteiger charge is -1.99. The normalized spacial score (nSPS) is 10.4. The highest BCUT2D eigenvalue weighted by atomic mass is 32.2. The third kappa shape index (κ3) is 1.94. The zero-order valence-corrected chi connectivity index (χ0v) is 9.49. The number of benzene rings is 1. The number of rotatable bonds is 2. The molecule has 1 heterocycles. The van der Waals surface area contributed by atoms with Crippen molar-refractivity contribution < 1.29 is 0 Å². The van der Waals surface area contributed by atoms with Crippen molar-refractivity contribution in [3.8, 4) is 11.1 Å². The minimum atomic E-state index is 0.869. The molecule has 2 aromatic rings. The molecule has 2 rings (SSSR count). The summed E-state index contributed by atoms with van der Waals surface area (Å²) in [6.45, 7) is 0. The Morgan fingerprint density at radius 3 is 2.36 bits per heavy atom. The summed E-state index contributed by atoms with van der Waals surface area (Å²) in [5, 5.41) is 2.96. The van der Waals surface area contributed by atoms with Crippen LogP contribution in [0.2, 0.25) is 0 Å². The molecule has 0 amide bonds. The van der Waals surface area contributed by atoms with Gasteiger partial charge in [0.15, 0.2) is 0 Å². The Kier molecular flexibility index (Phi) is 2.79. The summed E-state index contributed by atoms with van der Waals surface area (Å²) < 4.78 is 0. The van der Waals surface area contributed by atoms with Gasteiger partial charge in [-0.25, -0.2) is 0 Å². The van der Waals surface area contributed by atoms with Gasteiger partial charge >= 0.3 is 0 Å². The van der Waals surface area contributed by atoms with E-state index in [9.17, 15) is 0 Å². The molecule has 0 aliphatic heterocycles. The number of thioether (sulfide) groups is 1. The van der Waals surface area contributed by atoms with Crippen molar-refractivity contribution in [3.05, 3.63) is 35.7 Å². The molecule has 0 spiro atoms. The van der Waals surface area contributed by atoms with E-state index in [2.05, 4.69) is 35.9 Å². The topological polar surface area (TPSA) is 26.0 Å². The smallest absolute Gasteiger partial charge is 0.0862 e. The van der Waals surface area contributed by atoms with E-state index in [-0.39, 0.29) is 0 Å². The standard InChI is InChI=1S/C11H11NS2/c1-13-10-4-2-8(3-5-10)9-6-11(12)14-7-9/h2-7H,12H2,1H3. The fourth-order valence-corrected chi connectivity index (χ4v) is 2.36. The lowest BCUT2D eigenvalue weighted by Crippen LogP contribution is -1.76. The van der Waals surface area contributed by atoms with Gasteiger partial charge in [0.05, 0.1) is 5.00 Å². The molecule has 72 valence electrons. The van der Waals surface area contributed by atoms with E-state index in [0.717, 1.165) is 5.00 Å². The first-order valence-electron chi connectivity index (χ1n) is 4.28. The van der Waals surface area contributed by atoms with Gasteiger partial charge in [-0.05, 0) is 35.6 Å². The molecular weight excluding hydrogens is 210 g/mol. The van der Waals surface area contributed by atoms with Crippen LogP contribution in [0.1, 0.15) is 0 Å². The van der Waals surface area contributed by atoms with Crippen LogP contribution in [0.5, 0.6) is 0 Å². The molecule has 1 nitrogen and oxygen atoms in total. The molecule has 0 aliphatic rings. The maximum absolute atomic E-state index is 5.69. The van der Waals surface area contributed by atoms with Gasteiger partial charge < -0.3 is 5.73 Å². The van der Waals surface area contributed by atoms with E-state index in [1.54, 1.807) is 23.1 Å². The summed E-state index contributed by atoms with van der Waals surface area (Å²) in [4.78, 5) is 1.29. The first kappa shape index (κ1) is 9.62. The number of thiophene rings is 1. The first-order chi connectivity index (χ1) is 6.79. The summed E-state index contributed by atoms with van der Waals surface area (Å²) >= 11 is 3.34. The summed E-state index contributed by atoms with van der Waals surface area (Å²) in [5.41, 5.74) is 8.13. The molecule has 0 aliphatic carbocycles. The number of nitrogens with two attached hydrogens (primary N) is 1. The molecule has 2 N–H and O–H groups in total. The van der Waals surface area contributed by atoms with Crippen molar-refractivity contribution in [1.82, 2.24) is 0 Å². The molecule has 0 fully saturated rings. The average Bonchev–Trinajstić information content (AvgIpc) is 2.65. The van der Waals surface area contributed by atoms with E-state index in [4.69, 9.17) is 5.73 Å². The third-order valence-corrected chi connectivity index (χ3v) is 3.55. The van der Waals surface area contributed by atoms with E-state index >= 15 is 0 Å². The molecule has 0 bridgehead atoms. The second-order valence-electron chi connectivity index (χ2n) is 2.97. The van der Waals surface area contributed by atoms with E-state index < -0.39 is 0 Å². The Bertz CT molecular complexity index is 417. The predicted molar refractivity (Wildman–Crippen MR) is 65.9 cm³/mol. The second kappa shape index (κ2) is 4.07. The highest BCUT2D eigenvalue weighted by Crippen LogP contribution is 2.28. The Morgan fingerprint density at radius 1 is 1.14 bits per heavy atom. The van der Waals surface area contributed by atoms with Crippen LogP contribution in [-0.2, 0) is 0 Å². The van der Waals surface area contributed by atoms with Crippen LogP contribution in [0.4, 0.5) is 5.00 Å². The van der Waals surface area contributed by atoms with Gasteiger partial charge in [0.1, 0.15) is 0 Å². The molecule has 14 heavy (non-hydrogen) atoms. The highest BCUT2D eigenvalue weighted by Gasteiger charge is 1.99. The Morgan fingerprint density at radius 2 is 1.86 bits per heavy atom. The fourth-order valence-electron chi connectivity index (χ4n) is 1.29. The van der Waals surface area contributed by atoms with E-state index in [1.165, 1.54) is 16.0 Å². The lowest BCUT2D eigenvalue weighted by atomic mass is 10.1. The number of anilines is 1. The minimum absolute atomic E-state index is 0.869. The van der Waals surface area contributed by atoms with Crippen LogP contribution in [-0.4, -0.2) is 6.26 Å². The molecular formula is C11H11NS2. The SMILES string of the molecule is CSc1ccc(-c2csc(N)c2)cc1. The monoisotopic (exact) mass is 221 g/mol. The highest BCUT2D eigenvalue weighted by molar-refractivity contribution is 7.98. The largest absolute Gasteiger partial charge is 0.391 e. The first-order valence-corrected chi connectivity index (χ1v) is 6.38. The Labute approximate surface area is 92.0 Å². The third-order valence-electron chi connectivity index (χ3n) is 2.04. The molecule has 1 aromatic heterocycles. The molecule has 0 saturated carbocycles. The number of hydrogen-bond acceptors (Lipinski definition) is 3. The van der Waals surface area contributed by atoms with Crippen molar-refractivity contribution in [2.24, 2.45) is 0 Å². The molecule has 1 aromatic carbocycles. The van der Waals surface area contributed by atoms with Crippen LogP contribution in [0.3, 0.4) is 0 Å². The van der Waals surface area contributed by atoms with Gasteiger partial charge in [0.25, 0.3) is 0 Å². The van der Waals surface area contributed by atoms with Crippen molar-refractivity contribution in [3.63, 3.8) is 0 Å². The van der Waals surface area contributed by atoms with Crippen molar-refractivity contribution >= 4 is 28.1 Å². The lowest BCUT2D eigenvalue weighted by molar-refractivity contribution is 1.47. The van der Waals surface area contributed by atoms with Gasteiger partial charge in [-0.15, -0.1) is 23.1 Å². The van der Waals surface area contributed by atoms with Crippen LogP contribution in [0.15, 0.2) is 40.6 Å². The average molecular weight is 221 g/mol. The molecule has 0 saturated heterocycles. The maximum atomic E-state index is 5.69. The fraction of sp³-hybridized carbons (Fsp3) is 0.0909. The van der Waals surface area contributed by atoms with E-state index in [0.29, 0.717) is 0 Å². The quantitative estimate of drug-likeness (QED) is 0.782. The van der Waals surface area contributed by atoms with Crippen LogP contribution in [0.25, 0.3) is 11.1 Å². The molecule has 0 radical (unpaired) electrons. The Balaban J connectivity index is 2.33. The van der Waals surface area contributed by atoms with Gasteiger partial charge in [-0.2, -0.15) is 0 Å².